The summed E-state index contributed by atoms with van der Waals surface area (Å²) >= 11 is 0. The Bertz CT molecular complexity index is 2360. The van der Waals surface area contributed by atoms with E-state index >= 15 is 0 Å². The summed E-state index contributed by atoms with van der Waals surface area (Å²) in [6.45, 7) is 5.91. The molecule has 0 aliphatic carbocycles. The number of benzene rings is 2. The van der Waals surface area contributed by atoms with Crippen LogP contribution in [0.2, 0.25) is 0 Å². The lowest BCUT2D eigenvalue weighted by molar-refractivity contribution is -0.403. The summed E-state index contributed by atoms with van der Waals surface area (Å²) < 4.78 is 84.5. The minimum absolute atomic E-state index is 0.386. The van der Waals surface area contributed by atoms with E-state index in [1.165, 1.54) is 0 Å². The van der Waals surface area contributed by atoms with Gasteiger partial charge in [-0.15, -0.1) is 0 Å². The molecule has 22 aliphatic heterocycles. The predicted octanol–water partition coefficient (Wildman–Crippen LogP) is -7.03. The van der Waals surface area contributed by atoms with Crippen molar-refractivity contribution in [1.82, 2.24) is 0 Å². The molecule has 0 saturated carbocycles. The van der Waals surface area contributed by atoms with Crippen molar-refractivity contribution in [1.29, 1.82) is 0 Å². The van der Waals surface area contributed by atoms with Crippen molar-refractivity contribution in [2.45, 2.75) is 226 Å². The fraction of sp³-hybridized carbons (Fsp3) is 0.778. The molecular weight excluding hydrogens is 1130 g/mol. The zero-order valence-corrected chi connectivity index (χ0v) is 46.7. The van der Waals surface area contributed by atoms with E-state index in [1.54, 1.807) is 27.7 Å². The average molecular weight is 1210 g/mol. The topological polar surface area (TPSA) is 453 Å². The molecule has 2 aromatic rings. The molecule has 2 aromatic carbocycles. The van der Waals surface area contributed by atoms with Gasteiger partial charge in [0.05, 0.1) is 26.4 Å². The summed E-state index contributed by atoms with van der Waals surface area (Å²) in [5.41, 5.74) is 4.57. The highest BCUT2D eigenvalue weighted by atomic mass is 16.8. The molecule has 24 rings (SSSR count). The molecule has 0 aromatic heterocycles. The Morgan fingerprint density at radius 1 is 0.274 bits per heavy atom. The minimum Gasteiger partial charge on any atom is -0.490 e. The van der Waals surface area contributed by atoms with E-state index in [9.17, 15) is 81.7 Å². The highest BCUT2D eigenvalue weighted by molar-refractivity contribution is 5.44. The first kappa shape index (κ1) is 65.4. The third-order valence-electron chi connectivity index (χ3n) is 16.3. The van der Waals surface area contributed by atoms with Crippen LogP contribution in [0.15, 0.2) is 24.3 Å². The third kappa shape index (κ3) is 13.1. The van der Waals surface area contributed by atoms with Crippen LogP contribution in [0.25, 0.3) is 0 Å². The first-order chi connectivity index (χ1) is 39.9. The summed E-state index contributed by atoms with van der Waals surface area (Å²) in [6, 6.07) is 7.37. The lowest BCUT2D eigenvalue weighted by atomic mass is 9.94. The van der Waals surface area contributed by atoms with Gasteiger partial charge < -0.3 is 148 Å². The molecule has 476 valence electrons. The van der Waals surface area contributed by atoms with Crippen LogP contribution in [-0.2, 0) is 56.8 Å². The SMILES string of the molecule is Cc1cc(C)c(OC[C@H]2O[C@@H]3O[C@H]4[C@H](O)[C@@H](O)[C@@H](O[C@H]5[C@H](O)[C@@H](O)[C@@H](O[C@H]6[C@H](O)[C@@H](O)[C@@H](O[C@H]7[C@H](O)[C@@H](O)[C@@H](O[C@H]8[C@H](O)[C@@H](O)[C@@H](O[C@H]2[C@H](O)[C@H]3O)O[C@@H]8CO)O[C@@H]7CO)O[C@@H]6CO)O[C@@H]5CO)O[C@@H]4COc2c(C)cc(C)cc2C)c(C)c1. The molecule has 30 nitrogen and oxygen atoms in total. The van der Waals surface area contributed by atoms with Crippen molar-refractivity contribution in [2.75, 3.05) is 39.6 Å². The first-order valence-corrected chi connectivity index (χ1v) is 27.8. The minimum atomic E-state index is -2.15. The van der Waals surface area contributed by atoms with Crippen molar-refractivity contribution in [3.8, 4) is 11.5 Å². The Morgan fingerprint density at radius 2 is 0.452 bits per heavy atom. The molecule has 22 saturated heterocycles. The fourth-order valence-electron chi connectivity index (χ4n) is 12.0. The van der Waals surface area contributed by atoms with Crippen LogP contribution in [0, 0.1) is 41.5 Å². The molecule has 22 fully saturated rings. The zero-order valence-electron chi connectivity index (χ0n) is 46.7. The number of aliphatic hydroxyl groups is 16. The van der Waals surface area contributed by atoms with Gasteiger partial charge in [0.25, 0.3) is 0 Å². The molecule has 0 amide bonds. The Labute approximate surface area is 481 Å². The highest BCUT2D eigenvalue weighted by Gasteiger charge is 2.59. The Balaban J connectivity index is 1.07. The van der Waals surface area contributed by atoms with E-state index < -0.39 is 224 Å². The van der Waals surface area contributed by atoms with Gasteiger partial charge in [-0.05, 0) is 63.8 Å². The standard InChI is InChI=1S/C54H80O30/c1-17-7-19(3)41(20(4)8-17)71-15-27-47-34(64)40(70)54(78-27)84-48-28(16-72-42-21(5)9-18(2)10-22(42)6)77-53(39(69)33(48)63)82-46-26(14-58)75-51(37(67)31(46)61)80-44-24(12-56)73-49(35(65)29(44)59)79-43-23(11-55)74-50(36(66)30(43)60)81-45-25(13-57)76-52(83-47)38(68)32(45)62/h7-10,23-40,43-70H,11-16H2,1-6H3/t23-,24-,25-,26-,27-,28-,29-,30-,31-,32-,33-,34-,35-,36-,37-,38-,39-,40-,43-,44-,45-,46-,47-,48-,49-,50-,51-,52-,53-,54-/m1/s1. The summed E-state index contributed by atoms with van der Waals surface area (Å²) in [7, 11) is 0. The number of ether oxygens (including phenoxy) is 14. The van der Waals surface area contributed by atoms with Gasteiger partial charge >= 0.3 is 0 Å². The van der Waals surface area contributed by atoms with Gasteiger partial charge in [0.1, 0.15) is 171 Å². The molecule has 84 heavy (non-hydrogen) atoms. The second kappa shape index (κ2) is 27.3. The van der Waals surface area contributed by atoms with E-state index in [0.29, 0.717) is 33.8 Å². The van der Waals surface area contributed by atoms with E-state index in [4.69, 9.17) is 66.3 Å². The van der Waals surface area contributed by atoms with E-state index in [-0.39, 0.29) is 0 Å². The zero-order chi connectivity index (χ0) is 60.9. The van der Waals surface area contributed by atoms with Crippen molar-refractivity contribution >= 4 is 0 Å². The van der Waals surface area contributed by atoms with Gasteiger partial charge in [0.15, 0.2) is 37.7 Å². The Morgan fingerprint density at radius 3 is 0.643 bits per heavy atom. The predicted molar refractivity (Wildman–Crippen MR) is 274 cm³/mol. The second-order valence-corrected chi connectivity index (χ2v) is 22.6. The lowest BCUT2D eigenvalue weighted by Gasteiger charge is -2.50. The molecule has 12 bridgehead atoms. The van der Waals surface area contributed by atoms with Gasteiger partial charge in [0, 0.05) is 0 Å². The lowest BCUT2D eigenvalue weighted by Crippen LogP contribution is -2.69. The molecule has 22 aliphatic rings. The Hall–Kier alpha value is -3.08. The molecule has 0 unspecified atom stereocenters. The van der Waals surface area contributed by atoms with Crippen LogP contribution in [0.3, 0.4) is 0 Å². The maximum absolute atomic E-state index is 12.1. The first-order valence-electron chi connectivity index (χ1n) is 27.8. The smallest absolute Gasteiger partial charge is 0.187 e. The fourth-order valence-corrected chi connectivity index (χ4v) is 12.0. The van der Waals surface area contributed by atoms with Gasteiger partial charge in [-0.2, -0.15) is 0 Å². The monoisotopic (exact) mass is 1210 g/mol. The van der Waals surface area contributed by atoms with Crippen molar-refractivity contribution in [2.24, 2.45) is 0 Å². The molecule has 0 spiro atoms. The summed E-state index contributed by atoms with van der Waals surface area (Å²) in [4.78, 5) is 0. The number of aliphatic hydroxyl groups excluding tert-OH is 16. The molecule has 30 heteroatoms. The van der Waals surface area contributed by atoms with Crippen LogP contribution >= 0.6 is 0 Å². The largest absolute Gasteiger partial charge is 0.490 e. The molecule has 0 radical (unpaired) electrons. The summed E-state index contributed by atoms with van der Waals surface area (Å²) in [5.74, 6) is 0.771. The van der Waals surface area contributed by atoms with Crippen LogP contribution in [0.5, 0.6) is 11.5 Å². The summed E-state index contributed by atoms with van der Waals surface area (Å²) in [6.07, 6.45) is -58.0. The second-order valence-electron chi connectivity index (χ2n) is 22.6. The Kier molecular flexibility index (Phi) is 21.3. The van der Waals surface area contributed by atoms with Crippen LogP contribution < -0.4 is 9.47 Å². The molecule has 30 atom stereocenters. The highest BCUT2D eigenvalue weighted by Crippen LogP contribution is 2.39. The van der Waals surface area contributed by atoms with E-state index in [0.717, 1.165) is 11.1 Å². The molecular formula is C54H80O30. The number of hydrogen-bond acceptors (Lipinski definition) is 30. The van der Waals surface area contributed by atoms with E-state index in [2.05, 4.69) is 0 Å². The normalized spacial score (nSPS) is 45.9. The van der Waals surface area contributed by atoms with Crippen LogP contribution in [0.1, 0.15) is 33.4 Å². The van der Waals surface area contributed by atoms with Gasteiger partial charge in [0.2, 0.25) is 0 Å². The van der Waals surface area contributed by atoms with Crippen molar-refractivity contribution in [3.05, 3.63) is 57.6 Å². The van der Waals surface area contributed by atoms with E-state index in [1.807, 2.05) is 38.1 Å². The molecule has 16 N–H and O–H groups in total. The van der Waals surface area contributed by atoms with Gasteiger partial charge in [-0.3, -0.25) is 0 Å². The maximum Gasteiger partial charge on any atom is 0.187 e. The maximum atomic E-state index is 12.1. The quantitative estimate of drug-likeness (QED) is 0.105. The number of rotatable bonds is 10. The van der Waals surface area contributed by atoms with Crippen LogP contribution in [-0.4, -0.2) is 306 Å². The number of hydrogen-bond donors (Lipinski definition) is 16. The van der Waals surface area contributed by atoms with Crippen molar-refractivity contribution in [3.63, 3.8) is 0 Å². The van der Waals surface area contributed by atoms with Gasteiger partial charge in [-0.1, -0.05) is 35.4 Å². The van der Waals surface area contributed by atoms with Crippen LogP contribution in [0.4, 0.5) is 0 Å². The number of aryl methyl sites for hydroxylation is 6. The van der Waals surface area contributed by atoms with Crippen molar-refractivity contribution < 1.29 is 148 Å². The molecule has 22 heterocycles. The third-order valence-corrected chi connectivity index (χ3v) is 16.3. The average Bonchev–Trinajstić information content (AvgIpc) is 1.89. The van der Waals surface area contributed by atoms with Gasteiger partial charge in [-0.25, -0.2) is 0 Å². The summed E-state index contributed by atoms with van der Waals surface area (Å²) in [5, 5.41) is 182.